The van der Waals surface area contributed by atoms with Gasteiger partial charge in [0.2, 0.25) is 5.91 Å². The smallest absolute Gasteiger partial charge is 0.258 e. The molecule has 2 aromatic rings. The third-order valence-corrected chi connectivity index (χ3v) is 4.35. The van der Waals surface area contributed by atoms with Gasteiger partial charge in [-0.05, 0) is 69.1 Å². The summed E-state index contributed by atoms with van der Waals surface area (Å²) < 4.78 is 5.44. The molecule has 150 valence electrons. The molecule has 7 heteroatoms. The first-order valence-electron chi connectivity index (χ1n) is 9.23. The molecule has 4 N–H and O–H groups in total. The topological polar surface area (TPSA) is 93.5 Å². The quantitative estimate of drug-likeness (QED) is 0.530. The van der Waals surface area contributed by atoms with Gasteiger partial charge in [0.1, 0.15) is 11.8 Å². The summed E-state index contributed by atoms with van der Waals surface area (Å²) in [5.41, 5.74) is 7.32. The first kappa shape index (κ1) is 21.7. The van der Waals surface area contributed by atoms with Crippen molar-refractivity contribution >= 4 is 29.1 Å². The van der Waals surface area contributed by atoms with E-state index in [1.807, 2.05) is 31.2 Å². The van der Waals surface area contributed by atoms with Gasteiger partial charge < -0.3 is 21.1 Å². The predicted molar refractivity (Wildman–Crippen MR) is 112 cm³/mol. The van der Waals surface area contributed by atoms with Crippen LogP contribution in [0.4, 0.5) is 5.69 Å². The molecule has 28 heavy (non-hydrogen) atoms. The summed E-state index contributed by atoms with van der Waals surface area (Å²) in [5.74, 6) is -0.101. The molecule has 0 spiro atoms. The molecule has 6 nitrogen and oxygen atoms in total. The summed E-state index contributed by atoms with van der Waals surface area (Å²) in [7, 11) is 0. The maximum Gasteiger partial charge on any atom is 0.258 e. The number of carbonyl (C=O) groups is 2. The number of hydrogen-bond acceptors (Lipinski definition) is 4. The highest BCUT2D eigenvalue weighted by Crippen LogP contribution is 2.15. The number of unbranched alkanes of at least 4 members (excludes halogenated alkanes) is 1. The molecule has 0 aliphatic heterocycles. The van der Waals surface area contributed by atoms with Crippen LogP contribution in [0.3, 0.4) is 0 Å². The van der Waals surface area contributed by atoms with Gasteiger partial charge in [-0.3, -0.25) is 9.59 Å². The van der Waals surface area contributed by atoms with Crippen LogP contribution in [0.1, 0.15) is 24.8 Å². The van der Waals surface area contributed by atoms with E-state index in [4.69, 9.17) is 22.1 Å². The van der Waals surface area contributed by atoms with Crippen LogP contribution in [0.5, 0.6) is 5.75 Å². The molecule has 0 aromatic heterocycles. The third-order valence-electron chi connectivity index (χ3n) is 4.10. The summed E-state index contributed by atoms with van der Waals surface area (Å²) in [5, 5.41) is 6.17. The summed E-state index contributed by atoms with van der Waals surface area (Å²) in [4.78, 5) is 24.9. The van der Waals surface area contributed by atoms with Crippen LogP contribution in [0.2, 0.25) is 5.02 Å². The van der Waals surface area contributed by atoms with Crippen LogP contribution < -0.4 is 21.1 Å². The van der Waals surface area contributed by atoms with E-state index in [1.54, 1.807) is 24.3 Å². The Morgan fingerprint density at radius 3 is 2.39 bits per heavy atom. The fraction of sp³-hybridized carbons (Fsp3) is 0.333. The molecule has 2 rings (SSSR count). The number of halogens is 1. The highest BCUT2D eigenvalue weighted by Gasteiger charge is 2.20. The van der Waals surface area contributed by atoms with E-state index < -0.39 is 6.04 Å². The molecule has 0 fully saturated rings. The predicted octanol–water partition coefficient (Wildman–Crippen LogP) is 3.28. The minimum Gasteiger partial charge on any atom is -0.484 e. The molecule has 1 atom stereocenters. The van der Waals surface area contributed by atoms with Crippen molar-refractivity contribution < 1.29 is 14.3 Å². The van der Waals surface area contributed by atoms with E-state index in [1.165, 1.54) is 0 Å². The van der Waals surface area contributed by atoms with Crippen molar-refractivity contribution in [3.05, 3.63) is 59.1 Å². The zero-order chi connectivity index (χ0) is 20.4. The largest absolute Gasteiger partial charge is 0.484 e. The number of aryl methyl sites for hydroxylation is 1. The van der Waals surface area contributed by atoms with E-state index in [2.05, 4.69) is 10.6 Å². The van der Waals surface area contributed by atoms with Gasteiger partial charge in [-0.25, -0.2) is 0 Å². The van der Waals surface area contributed by atoms with Crippen molar-refractivity contribution in [3.8, 4) is 5.75 Å². The van der Waals surface area contributed by atoms with Crippen molar-refractivity contribution in [2.45, 2.75) is 32.2 Å². The van der Waals surface area contributed by atoms with Gasteiger partial charge >= 0.3 is 0 Å². The van der Waals surface area contributed by atoms with Crippen molar-refractivity contribution in [1.29, 1.82) is 0 Å². The highest BCUT2D eigenvalue weighted by atomic mass is 35.5. The van der Waals surface area contributed by atoms with E-state index in [-0.39, 0.29) is 18.4 Å². The van der Waals surface area contributed by atoms with Gasteiger partial charge in [-0.1, -0.05) is 29.3 Å². The van der Waals surface area contributed by atoms with Gasteiger partial charge in [-0.2, -0.15) is 0 Å². The summed E-state index contributed by atoms with van der Waals surface area (Å²) >= 11 is 5.83. The zero-order valence-corrected chi connectivity index (χ0v) is 16.7. The van der Waals surface area contributed by atoms with Crippen LogP contribution in [-0.4, -0.2) is 31.0 Å². The number of nitrogens with one attached hydrogen (secondary N) is 2. The number of nitrogens with two attached hydrogens (primary N) is 1. The first-order chi connectivity index (χ1) is 13.5. The van der Waals surface area contributed by atoms with Crippen LogP contribution in [0, 0.1) is 6.92 Å². The van der Waals surface area contributed by atoms with Crippen molar-refractivity contribution in [3.63, 3.8) is 0 Å². The van der Waals surface area contributed by atoms with E-state index in [0.29, 0.717) is 29.4 Å². The number of benzene rings is 2. The van der Waals surface area contributed by atoms with Crippen molar-refractivity contribution in [1.82, 2.24) is 5.32 Å². The lowest BCUT2D eigenvalue weighted by atomic mass is 10.1. The van der Waals surface area contributed by atoms with Gasteiger partial charge in [0.25, 0.3) is 5.91 Å². The zero-order valence-electron chi connectivity index (χ0n) is 15.9. The second-order valence-corrected chi connectivity index (χ2v) is 6.94. The van der Waals surface area contributed by atoms with Crippen molar-refractivity contribution in [2.24, 2.45) is 5.73 Å². The Kier molecular flexibility index (Phi) is 8.78. The molecule has 0 heterocycles. The fourth-order valence-electron chi connectivity index (χ4n) is 2.54. The molecular weight excluding hydrogens is 378 g/mol. The fourth-order valence-corrected chi connectivity index (χ4v) is 2.67. The van der Waals surface area contributed by atoms with Crippen molar-refractivity contribution in [2.75, 3.05) is 18.5 Å². The van der Waals surface area contributed by atoms with Crippen LogP contribution in [0.25, 0.3) is 0 Å². The number of hydrogen-bond donors (Lipinski definition) is 3. The van der Waals surface area contributed by atoms with E-state index in [0.717, 1.165) is 18.4 Å². The number of carbonyl (C=O) groups excluding carboxylic acids is 2. The van der Waals surface area contributed by atoms with Crippen LogP contribution >= 0.6 is 11.6 Å². The second kappa shape index (κ2) is 11.3. The number of anilines is 1. The molecule has 0 radical (unpaired) electrons. The Morgan fingerprint density at radius 2 is 1.75 bits per heavy atom. The Hall–Kier alpha value is -2.57. The van der Waals surface area contributed by atoms with Gasteiger partial charge in [0.15, 0.2) is 6.61 Å². The van der Waals surface area contributed by atoms with Crippen LogP contribution in [0.15, 0.2) is 48.5 Å². The van der Waals surface area contributed by atoms with Gasteiger partial charge in [0.05, 0.1) is 0 Å². The second-order valence-electron chi connectivity index (χ2n) is 6.50. The summed E-state index contributed by atoms with van der Waals surface area (Å²) in [6, 6.07) is 13.5. The van der Waals surface area contributed by atoms with Gasteiger partial charge in [0, 0.05) is 10.7 Å². The highest BCUT2D eigenvalue weighted by molar-refractivity contribution is 6.30. The number of ether oxygens (including phenoxy) is 1. The Morgan fingerprint density at radius 1 is 1.07 bits per heavy atom. The molecule has 2 amide bonds. The maximum atomic E-state index is 12.6. The molecule has 0 saturated heterocycles. The van der Waals surface area contributed by atoms with E-state index >= 15 is 0 Å². The first-order valence-corrected chi connectivity index (χ1v) is 9.61. The summed E-state index contributed by atoms with van der Waals surface area (Å²) in [6.45, 7) is 2.33. The lowest BCUT2D eigenvalue weighted by Gasteiger charge is -2.19. The molecule has 0 bridgehead atoms. The normalized spacial score (nSPS) is 11.5. The molecular formula is C21H26ClN3O3. The molecule has 0 aliphatic carbocycles. The monoisotopic (exact) mass is 403 g/mol. The maximum absolute atomic E-state index is 12.6. The third kappa shape index (κ3) is 7.58. The average Bonchev–Trinajstić information content (AvgIpc) is 2.68. The Balaban J connectivity index is 1.92. The standard InChI is InChI=1S/C21H26ClN3O3/c1-15-5-9-17(10-6-15)24-21(27)19(4-2-3-13-23)25-20(26)14-28-18-11-7-16(22)8-12-18/h5-12,19H,2-4,13-14,23H2,1H3,(H,24,27)(H,25,26)/t19-/m0/s1. The van der Waals surface area contributed by atoms with E-state index in [9.17, 15) is 9.59 Å². The minimum absolute atomic E-state index is 0.188. The molecule has 0 aliphatic rings. The molecule has 2 aromatic carbocycles. The Bertz CT molecular complexity index is 763. The lowest BCUT2D eigenvalue weighted by molar-refractivity contribution is -0.128. The molecule has 0 unspecified atom stereocenters. The minimum atomic E-state index is -0.658. The van der Waals surface area contributed by atoms with Gasteiger partial charge in [-0.15, -0.1) is 0 Å². The van der Waals surface area contributed by atoms with Crippen LogP contribution in [-0.2, 0) is 9.59 Å². The number of amides is 2. The summed E-state index contributed by atoms with van der Waals surface area (Å²) in [6.07, 6.45) is 2.02. The average molecular weight is 404 g/mol. The lowest BCUT2D eigenvalue weighted by Crippen LogP contribution is -2.45. The SMILES string of the molecule is Cc1ccc(NC(=O)[C@H](CCCCN)NC(=O)COc2ccc(Cl)cc2)cc1. The Labute approximate surface area is 170 Å². The number of rotatable bonds is 10. The molecule has 0 saturated carbocycles.